The maximum absolute atomic E-state index is 13.3. The van der Waals surface area contributed by atoms with Gasteiger partial charge in [-0.1, -0.05) is 30.3 Å². The van der Waals surface area contributed by atoms with Crippen LogP contribution in [0.25, 0.3) is 0 Å². The van der Waals surface area contributed by atoms with Gasteiger partial charge in [-0.2, -0.15) is 26.0 Å². The van der Waals surface area contributed by atoms with Crippen LogP contribution in [-0.4, -0.2) is 30.8 Å². The zero-order valence-electron chi connectivity index (χ0n) is 11.9. The van der Waals surface area contributed by atoms with E-state index in [9.17, 15) is 26.0 Å². The lowest BCUT2D eigenvalue weighted by atomic mass is 9.98. The van der Waals surface area contributed by atoms with E-state index in [4.69, 9.17) is 9.29 Å². The molecule has 0 spiro atoms. The zero-order valence-corrected chi connectivity index (χ0v) is 12.7. The van der Waals surface area contributed by atoms with Crippen LogP contribution in [0.15, 0.2) is 30.3 Å². The molecule has 0 fully saturated rings. The highest BCUT2D eigenvalue weighted by Gasteiger charge is 2.65. The van der Waals surface area contributed by atoms with E-state index < -0.39 is 39.9 Å². The third-order valence-electron chi connectivity index (χ3n) is 3.10. The Morgan fingerprint density at radius 1 is 1.09 bits per heavy atom. The number of benzene rings is 1. The van der Waals surface area contributed by atoms with E-state index in [1.165, 1.54) is 0 Å². The monoisotopic (exact) mass is 344 g/mol. The first kappa shape index (κ1) is 18.9. The molecule has 126 valence electrons. The fourth-order valence-corrected chi connectivity index (χ4v) is 2.17. The van der Waals surface area contributed by atoms with Crippen molar-refractivity contribution < 1.29 is 35.3 Å². The quantitative estimate of drug-likeness (QED) is 0.608. The van der Waals surface area contributed by atoms with Crippen LogP contribution in [0.1, 0.15) is 25.8 Å². The second-order valence-corrected chi connectivity index (χ2v) is 6.63. The van der Waals surface area contributed by atoms with Gasteiger partial charge in [0.15, 0.2) is 0 Å². The van der Waals surface area contributed by atoms with E-state index in [-0.39, 0.29) is 0 Å². The fourth-order valence-electron chi connectivity index (χ4n) is 1.69. The van der Waals surface area contributed by atoms with Gasteiger partial charge in [0, 0.05) is 6.42 Å². The summed E-state index contributed by atoms with van der Waals surface area (Å²) in [5.74, 6) is -4.95. The number of rotatable bonds is 7. The topological polar surface area (TPSA) is 63.6 Å². The van der Waals surface area contributed by atoms with E-state index in [1.807, 2.05) is 0 Å². The Labute approximate surface area is 125 Å². The molecule has 0 aliphatic heterocycles. The van der Waals surface area contributed by atoms with Crippen molar-refractivity contribution in [3.05, 3.63) is 35.9 Å². The fraction of sp³-hybridized carbons (Fsp3) is 0.538. The predicted molar refractivity (Wildman–Crippen MR) is 71.5 cm³/mol. The van der Waals surface area contributed by atoms with Gasteiger partial charge in [0.05, 0.1) is 12.2 Å². The maximum Gasteiger partial charge on any atom is 0.431 e. The smallest absolute Gasteiger partial charge is 0.371 e. The largest absolute Gasteiger partial charge is 0.431 e. The first-order valence-electron chi connectivity index (χ1n) is 6.23. The van der Waals surface area contributed by atoms with Crippen molar-refractivity contribution in [1.29, 1.82) is 0 Å². The van der Waals surface area contributed by atoms with Gasteiger partial charge in [-0.3, -0.25) is 4.55 Å². The summed E-state index contributed by atoms with van der Waals surface area (Å²) in [4.78, 5) is 0. The van der Waals surface area contributed by atoms with Crippen LogP contribution in [-0.2, 0) is 20.5 Å². The van der Waals surface area contributed by atoms with Gasteiger partial charge in [-0.25, -0.2) is 0 Å². The molecule has 0 saturated heterocycles. The Morgan fingerprint density at radius 3 is 2.05 bits per heavy atom. The van der Waals surface area contributed by atoms with Crippen LogP contribution in [0.3, 0.4) is 0 Å². The number of hydrogen-bond acceptors (Lipinski definition) is 3. The summed E-state index contributed by atoms with van der Waals surface area (Å²) >= 11 is 0. The lowest BCUT2D eigenvalue weighted by Gasteiger charge is -2.28. The lowest BCUT2D eigenvalue weighted by Crippen LogP contribution is -2.47. The molecule has 0 aliphatic rings. The molecule has 0 unspecified atom stereocenters. The molecule has 1 N–H and O–H groups in total. The van der Waals surface area contributed by atoms with Gasteiger partial charge >= 0.3 is 21.3 Å². The molecule has 4 nitrogen and oxygen atoms in total. The molecule has 0 bridgehead atoms. The van der Waals surface area contributed by atoms with E-state index in [1.54, 1.807) is 44.2 Å². The number of hydrogen-bond donors (Lipinski definition) is 1. The van der Waals surface area contributed by atoms with Crippen molar-refractivity contribution in [2.45, 2.75) is 37.0 Å². The Hall–Kier alpha value is -1.19. The van der Waals surface area contributed by atoms with Crippen LogP contribution in [0, 0.1) is 0 Å². The molecule has 0 radical (unpaired) electrons. The summed E-state index contributed by atoms with van der Waals surface area (Å²) in [7, 11) is -6.22. The molecule has 0 aliphatic carbocycles. The van der Waals surface area contributed by atoms with E-state index in [2.05, 4.69) is 0 Å². The first-order chi connectivity index (χ1) is 9.81. The third-order valence-corrected chi connectivity index (χ3v) is 4.04. The van der Waals surface area contributed by atoms with Crippen molar-refractivity contribution in [3.8, 4) is 0 Å². The van der Waals surface area contributed by atoms with Gasteiger partial charge in [-0.05, 0) is 19.4 Å². The minimum absolute atomic E-state index is 0.639. The Morgan fingerprint density at radius 2 is 1.59 bits per heavy atom. The summed E-state index contributed by atoms with van der Waals surface area (Å²) in [6.45, 7) is 2.29. The molecule has 22 heavy (non-hydrogen) atoms. The second kappa shape index (κ2) is 6.13. The molecule has 0 aromatic heterocycles. The molecule has 1 aromatic rings. The molecule has 0 heterocycles. The second-order valence-electron chi connectivity index (χ2n) is 5.17. The molecule has 0 atom stereocenters. The average Bonchev–Trinajstić information content (AvgIpc) is 2.37. The van der Waals surface area contributed by atoms with Gasteiger partial charge in [0.2, 0.25) is 0 Å². The summed E-state index contributed by atoms with van der Waals surface area (Å²) < 4.78 is 86.7. The minimum atomic E-state index is -6.22. The summed E-state index contributed by atoms with van der Waals surface area (Å²) in [6, 6.07) is 8.47. The van der Waals surface area contributed by atoms with E-state index in [0.717, 1.165) is 0 Å². The van der Waals surface area contributed by atoms with Gasteiger partial charge in [0.1, 0.15) is 0 Å². The van der Waals surface area contributed by atoms with Crippen LogP contribution in [0.4, 0.5) is 17.6 Å². The standard InChI is InChI=1S/C13H16F4O4S/c1-11(2,10-6-4-3-5-7-10)21-9-8-12(14,15)13(16,17)22(18,19)20/h3-7H,8-9H2,1-2H3,(H,18,19,20). The summed E-state index contributed by atoms with van der Waals surface area (Å²) in [5, 5.41) is -5.57. The SMILES string of the molecule is CC(C)(OCCC(F)(F)C(F)(F)S(=O)(=O)O)c1ccccc1. The first-order valence-corrected chi connectivity index (χ1v) is 7.67. The van der Waals surface area contributed by atoms with Gasteiger partial charge < -0.3 is 4.74 Å². The van der Waals surface area contributed by atoms with Crippen LogP contribution < -0.4 is 0 Å². The highest BCUT2D eigenvalue weighted by Crippen LogP contribution is 2.41. The molecular weight excluding hydrogens is 328 g/mol. The van der Waals surface area contributed by atoms with Crippen molar-refractivity contribution >= 4 is 10.1 Å². The Balaban J connectivity index is 2.75. The maximum atomic E-state index is 13.3. The van der Waals surface area contributed by atoms with Crippen molar-refractivity contribution in [1.82, 2.24) is 0 Å². The van der Waals surface area contributed by atoms with Crippen molar-refractivity contribution in [2.75, 3.05) is 6.61 Å². The van der Waals surface area contributed by atoms with Gasteiger partial charge in [0.25, 0.3) is 0 Å². The Kier molecular flexibility index (Phi) is 5.26. The molecule has 1 aromatic carbocycles. The lowest BCUT2D eigenvalue weighted by molar-refractivity contribution is -0.177. The molecular formula is C13H16F4O4S. The van der Waals surface area contributed by atoms with E-state index >= 15 is 0 Å². The normalized spacial score (nSPS) is 14.1. The summed E-state index contributed by atoms with van der Waals surface area (Å²) in [5.41, 5.74) is -0.384. The molecule has 0 saturated carbocycles. The molecule has 1 rings (SSSR count). The minimum Gasteiger partial charge on any atom is -0.371 e. The molecule has 0 amide bonds. The average molecular weight is 344 g/mol. The summed E-state index contributed by atoms with van der Waals surface area (Å²) in [6.07, 6.45) is -1.56. The third kappa shape index (κ3) is 3.96. The van der Waals surface area contributed by atoms with Crippen LogP contribution in [0.2, 0.25) is 0 Å². The van der Waals surface area contributed by atoms with Gasteiger partial charge in [-0.15, -0.1) is 0 Å². The van der Waals surface area contributed by atoms with Crippen LogP contribution >= 0.6 is 0 Å². The number of ether oxygens (including phenoxy) is 1. The number of halogens is 4. The number of alkyl halides is 4. The molecule has 9 heteroatoms. The van der Waals surface area contributed by atoms with E-state index in [0.29, 0.717) is 5.56 Å². The Bertz CT molecular complexity index is 600. The highest BCUT2D eigenvalue weighted by molar-refractivity contribution is 7.87. The predicted octanol–water partition coefficient (Wildman–Crippen LogP) is 3.44. The van der Waals surface area contributed by atoms with Crippen molar-refractivity contribution in [3.63, 3.8) is 0 Å². The van der Waals surface area contributed by atoms with Crippen LogP contribution in [0.5, 0.6) is 0 Å². The highest BCUT2D eigenvalue weighted by atomic mass is 32.2. The van der Waals surface area contributed by atoms with Crippen molar-refractivity contribution in [2.24, 2.45) is 0 Å². The zero-order chi connectivity index (χ0) is 17.2.